The van der Waals surface area contributed by atoms with Crippen LogP contribution in [0, 0.1) is 6.92 Å². The van der Waals surface area contributed by atoms with Crippen LogP contribution >= 0.6 is 0 Å². The molecule has 0 bridgehead atoms. The second-order valence-electron chi connectivity index (χ2n) is 4.76. The maximum atomic E-state index is 10.7. The molecular formula is C13H20O5. The molecule has 0 fully saturated rings. The largest absolute Gasteiger partial charge is 0.475 e. The minimum absolute atomic E-state index is 0.0525. The Morgan fingerprint density at radius 1 is 1.50 bits per heavy atom. The molecule has 0 saturated heterocycles. The van der Waals surface area contributed by atoms with Gasteiger partial charge in [0.15, 0.2) is 0 Å². The molecule has 1 N–H and O–H groups in total. The molecule has 102 valence electrons. The average molecular weight is 256 g/mol. The van der Waals surface area contributed by atoms with Gasteiger partial charge in [0, 0.05) is 19.3 Å². The van der Waals surface area contributed by atoms with Crippen molar-refractivity contribution >= 4 is 5.97 Å². The molecule has 0 unspecified atom stereocenters. The van der Waals surface area contributed by atoms with Gasteiger partial charge in [-0.2, -0.15) is 0 Å². The normalized spacial score (nSPS) is 11.8. The van der Waals surface area contributed by atoms with E-state index < -0.39 is 5.97 Å². The van der Waals surface area contributed by atoms with Crippen molar-refractivity contribution in [3.8, 4) is 0 Å². The first-order valence-corrected chi connectivity index (χ1v) is 5.81. The first-order valence-electron chi connectivity index (χ1n) is 5.81. The fourth-order valence-corrected chi connectivity index (χ4v) is 1.37. The van der Waals surface area contributed by atoms with Crippen LogP contribution in [-0.2, 0) is 16.1 Å². The summed E-state index contributed by atoms with van der Waals surface area (Å²) in [6.07, 6.45) is 0.770. The van der Waals surface area contributed by atoms with E-state index in [9.17, 15) is 4.79 Å². The first-order chi connectivity index (χ1) is 8.35. The van der Waals surface area contributed by atoms with Crippen LogP contribution in [0.15, 0.2) is 10.5 Å². The smallest absolute Gasteiger partial charge is 0.371 e. The summed E-state index contributed by atoms with van der Waals surface area (Å²) in [4.78, 5) is 10.7. The molecule has 0 saturated carbocycles. The van der Waals surface area contributed by atoms with E-state index in [1.807, 2.05) is 13.8 Å². The van der Waals surface area contributed by atoms with Gasteiger partial charge in [-0.05, 0) is 33.3 Å². The topological polar surface area (TPSA) is 68.9 Å². The molecule has 0 aliphatic heterocycles. The summed E-state index contributed by atoms with van der Waals surface area (Å²) >= 11 is 0. The van der Waals surface area contributed by atoms with Gasteiger partial charge in [0.2, 0.25) is 5.76 Å². The van der Waals surface area contributed by atoms with Crippen molar-refractivity contribution in [2.75, 3.05) is 13.7 Å². The maximum Gasteiger partial charge on any atom is 0.371 e. The standard InChI is InChI=1S/C13H20O5/c1-9-10(7-11(18-9)12(14)15)8-17-6-5-13(2,3)16-4/h7H,5-6,8H2,1-4H3,(H,14,15). The Hall–Kier alpha value is -1.33. The predicted molar refractivity (Wildman–Crippen MR) is 65.8 cm³/mol. The summed E-state index contributed by atoms with van der Waals surface area (Å²) in [6, 6.07) is 1.50. The molecule has 0 radical (unpaired) electrons. The first kappa shape index (κ1) is 14.7. The molecule has 5 nitrogen and oxygen atoms in total. The van der Waals surface area contributed by atoms with Gasteiger partial charge in [0.1, 0.15) is 5.76 Å². The Kier molecular flexibility index (Phi) is 4.93. The number of carboxylic acid groups (broad SMARTS) is 1. The number of aromatic carboxylic acids is 1. The number of carbonyl (C=O) groups is 1. The number of hydrogen-bond donors (Lipinski definition) is 1. The maximum absolute atomic E-state index is 10.7. The lowest BCUT2D eigenvalue weighted by Gasteiger charge is -2.22. The summed E-state index contributed by atoms with van der Waals surface area (Å²) in [7, 11) is 1.67. The lowest BCUT2D eigenvalue weighted by molar-refractivity contribution is -0.0125. The molecule has 0 aromatic carbocycles. The lowest BCUT2D eigenvalue weighted by atomic mass is 10.1. The highest BCUT2D eigenvalue weighted by Crippen LogP contribution is 2.17. The Morgan fingerprint density at radius 3 is 2.67 bits per heavy atom. The molecule has 1 aromatic rings. The number of hydrogen-bond acceptors (Lipinski definition) is 4. The molecular weight excluding hydrogens is 236 g/mol. The predicted octanol–water partition coefficient (Wildman–Crippen LogP) is 2.62. The minimum atomic E-state index is -1.06. The van der Waals surface area contributed by atoms with E-state index in [-0.39, 0.29) is 11.4 Å². The second kappa shape index (κ2) is 6.02. The van der Waals surface area contributed by atoms with Crippen molar-refractivity contribution in [3.63, 3.8) is 0 Å². The van der Waals surface area contributed by atoms with Crippen molar-refractivity contribution in [3.05, 3.63) is 23.2 Å². The van der Waals surface area contributed by atoms with Crippen LogP contribution < -0.4 is 0 Å². The molecule has 0 amide bonds. The summed E-state index contributed by atoms with van der Waals surface area (Å²) in [5.41, 5.74) is 0.556. The molecule has 18 heavy (non-hydrogen) atoms. The summed E-state index contributed by atoms with van der Waals surface area (Å²) < 4.78 is 15.9. The van der Waals surface area contributed by atoms with Gasteiger partial charge < -0.3 is 19.0 Å². The van der Waals surface area contributed by atoms with E-state index in [4.69, 9.17) is 19.0 Å². The number of methoxy groups -OCH3 is 1. The van der Waals surface area contributed by atoms with Gasteiger partial charge in [-0.25, -0.2) is 4.79 Å². The van der Waals surface area contributed by atoms with Gasteiger partial charge >= 0.3 is 5.97 Å². The molecule has 0 spiro atoms. The molecule has 1 rings (SSSR count). The average Bonchev–Trinajstić information content (AvgIpc) is 2.67. The Labute approximate surface area is 107 Å². The molecule has 1 heterocycles. The van der Waals surface area contributed by atoms with Crippen LogP contribution in [0.4, 0.5) is 0 Å². The van der Waals surface area contributed by atoms with E-state index in [0.29, 0.717) is 19.0 Å². The van der Waals surface area contributed by atoms with E-state index in [0.717, 1.165) is 12.0 Å². The van der Waals surface area contributed by atoms with Crippen LogP contribution in [0.2, 0.25) is 0 Å². The molecule has 1 aromatic heterocycles. The number of ether oxygens (including phenoxy) is 2. The van der Waals surface area contributed by atoms with Crippen molar-refractivity contribution < 1.29 is 23.8 Å². The van der Waals surface area contributed by atoms with Gasteiger partial charge in [0.25, 0.3) is 0 Å². The second-order valence-corrected chi connectivity index (χ2v) is 4.76. The fourth-order valence-electron chi connectivity index (χ4n) is 1.37. The molecule has 5 heteroatoms. The van der Waals surface area contributed by atoms with Crippen molar-refractivity contribution in [1.82, 2.24) is 0 Å². The molecule has 0 aliphatic carbocycles. The van der Waals surface area contributed by atoms with E-state index >= 15 is 0 Å². The van der Waals surface area contributed by atoms with Gasteiger partial charge in [0.05, 0.1) is 12.2 Å². The lowest BCUT2D eigenvalue weighted by Crippen LogP contribution is -2.24. The van der Waals surface area contributed by atoms with Gasteiger partial charge in [-0.3, -0.25) is 0 Å². The quantitative estimate of drug-likeness (QED) is 0.759. The third-order valence-electron chi connectivity index (χ3n) is 2.89. The number of furan rings is 1. The zero-order valence-electron chi connectivity index (χ0n) is 11.3. The Balaban J connectivity index is 2.42. The van der Waals surface area contributed by atoms with Crippen LogP contribution in [0.25, 0.3) is 0 Å². The van der Waals surface area contributed by atoms with Crippen molar-refractivity contribution in [2.45, 2.75) is 39.4 Å². The van der Waals surface area contributed by atoms with Crippen LogP contribution in [0.1, 0.15) is 42.1 Å². The minimum Gasteiger partial charge on any atom is -0.475 e. The van der Waals surface area contributed by atoms with E-state index in [1.165, 1.54) is 6.07 Å². The van der Waals surface area contributed by atoms with E-state index in [2.05, 4.69) is 0 Å². The molecule has 0 atom stereocenters. The SMILES string of the molecule is COC(C)(C)CCOCc1cc(C(=O)O)oc1C. The Morgan fingerprint density at radius 2 is 2.17 bits per heavy atom. The zero-order valence-corrected chi connectivity index (χ0v) is 11.3. The summed E-state index contributed by atoms with van der Waals surface area (Å²) in [5.74, 6) is -0.536. The highest BCUT2D eigenvalue weighted by molar-refractivity contribution is 5.84. The van der Waals surface area contributed by atoms with Gasteiger partial charge in [-0.1, -0.05) is 0 Å². The fraction of sp³-hybridized carbons (Fsp3) is 0.615. The zero-order chi connectivity index (χ0) is 13.8. The van der Waals surface area contributed by atoms with Crippen LogP contribution in [0.5, 0.6) is 0 Å². The highest BCUT2D eigenvalue weighted by Gasteiger charge is 2.16. The van der Waals surface area contributed by atoms with Crippen LogP contribution in [-0.4, -0.2) is 30.4 Å². The summed E-state index contributed by atoms with van der Waals surface area (Å²) in [5, 5.41) is 8.78. The number of rotatable bonds is 7. The Bertz CT molecular complexity index is 406. The third kappa shape index (κ3) is 4.16. The third-order valence-corrected chi connectivity index (χ3v) is 2.89. The van der Waals surface area contributed by atoms with Crippen molar-refractivity contribution in [1.29, 1.82) is 0 Å². The highest BCUT2D eigenvalue weighted by atomic mass is 16.5. The van der Waals surface area contributed by atoms with Gasteiger partial charge in [-0.15, -0.1) is 0 Å². The van der Waals surface area contributed by atoms with Crippen LogP contribution in [0.3, 0.4) is 0 Å². The number of aryl methyl sites for hydroxylation is 1. The van der Waals surface area contributed by atoms with Crippen molar-refractivity contribution in [2.24, 2.45) is 0 Å². The number of carboxylic acids is 1. The summed E-state index contributed by atoms with van der Waals surface area (Å²) in [6.45, 7) is 6.60. The molecule has 0 aliphatic rings. The van der Waals surface area contributed by atoms with E-state index in [1.54, 1.807) is 14.0 Å². The monoisotopic (exact) mass is 256 g/mol.